The molecule has 1 aromatic heterocycles. The summed E-state index contributed by atoms with van der Waals surface area (Å²) >= 11 is 0. The molecule has 0 saturated heterocycles. The van der Waals surface area contributed by atoms with Crippen molar-refractivity contribution in [3.63, 3.8) is 0 Å². The Bertz CT molecular complexity index is 610. The minimum atomic E-state index is -0.000756. The van der Waals surface area contributed by atoms with Gasteiger partial charge in [-0.25, -0.2) is 0 Å². The number of aromatic nitrogens is 1. The molecule has 110 valence electrons. The maximum absolute atomic E-state index is 11.9. The zero-order valence-corrected chi connectivity index (χ0v) is 11.5. The molecule has 21 heavy (non-hydrogen) atoms. The molecule has 6 heteroatoms. The first-order valence-corrected chi connectivity index (χ1v) is 6.85. The minimum Gasteiger partial charge on any atom is -0.454 e. The Hall–Kier alpha value is -2.50. The van der Waals surface area contributed by atoms with Crippen LogP contribution in [0.4, 0.5) is 0 Å². The van der Waals surface area contributed by atoms with Crippen molar-refractivity contribution in [1.82, 2.24) is 10.5 Å². The maximum Gasteiger partial charge on any atom is 0.231 e. The predicted octanol–water partition coefficient (Wildman–Crippen LogP) is 1.69. The van der Waals surface area contributed by atoms with Crippen molar-refractivity contribution in [1.29, 1.82) is 0 Å². The van der Waals surface area contributed by atoms with Crippen molar-refractivity contribution in [3.8, 4) is 11.5 Å². The molecule has 1 N–H and O–H groups in total. The molecule has 1 amide bonds. The lowest BCUT2D eigenvalue weighted by Crippen LogP contribution is -2.26. The van der Waals surface area contributed by atoms with Gasteiger partial charge in [0.1, 0.15) is 6.26 Å². The summed E-state index contributed by atoms with van der Waals surface area (Å²) in [5, 5.41) is 6.54. The molecule has 0 unspecified atom stereocenters. The van der Waals surface area contributed by atoms with Gasteiger partial charge in [0.15, 0.2) is 11.5 Å². The normalized spacial score (nSPS) is 12.4. The first kappa shape index (κ1) is 13.5. The van der Waals surface area contributed by atoms with Gasteiger partial charge in [-0.1, -0.05) is 11.2 Å². The molecule has 0 atom stereocenters. The SMILES string of the molecule is O=C(Cc1ccc2c(c1)OCO2)NCCCc1cnoc1. The van der Waals surface area contributed by atoms with Gasteiger partial charge < -0.3 is 19.3 Å². The number of nitrogens with zero attached hydrogens (tertiary/aromatic N) is 1. The summed E-state index contributed by atoms with van der Waals surface area (Å²) in [6.45, 7) is 0.877. The fourth-order valence-electron chi connectivity index (χ4n) is 2.17. The van der Waals surface area contributed by atoms with Crippen LogP contribution >= 0.6 is 0 Å². The quantitative estimate of drug-likeness (QED) is 0.819. The highest BCUT2D eigenvalue weighted by molar-refractivity contribution is 5.78. The van der Waals surface area contributed by atoms with E-state index in [0.717, 1.165) is 29.7 Å². The molecule has 0 saturated carbocycles. The van der Waals surface area contributed by atoms with Crippen LogP contribution in [-0.4, -0.2) is 24.4 Å². The number of nitrogens with one attached hydrogen (secondary N) is 1. The van der Waals surface area contributed by atoms with Crippen molar-refractivity contribution >= 4 is 5.91 Å². The van der Waals surface area contributed by atoms with E-state index in [4.69, 9.17) is 14.0 Å². The van der Waals surface area contributed by atoms with Crippen LogP contribution in [0.15, 0.2) is 35.2 Å². The summed E-state index contributed by atoms with van der Waals surface area (Å²) in [5.41, 5.74) is 1.95. The lowest BCUT2D eigenvalue weighted by atomic mass is 10.1. The largest absolute Gasteiger partial charge is 0.454 e. The number of fused-ring (bicyclic) bond motifs is 1. The van der Waals surface area contributed by atoms with Crippen LogP contribution in [0.5, 0.6) is 11.5 Å². The van der Waals surface area contributed by atoms with Gasteiger partial charge in [-0.2, -0.15) is 0 Å². The second-order valence-corrected chi connectivity index (χ2v) is 4.85. The van der Waals surface area contributed by atoms with Crippen molar-refractivity contribution in [2.75, 3.05) is 13.3 Å². The molecule has 2 heterocycles. The van der Waals surface area contributed by atoms with Crippen LogP contribution in [-0.2, 0) is 17.6 Å². The molecule has 2 aromatic rings. The maximum atomic E-state index is 11.9. The number of benzene rings is 1. The molecule has 1 aromatic carbocycles. The van der Waals surface area contributed by atoms with Gasteiger partial charge in [0, 0.05) is 12.1 Å². The molecule has 0 radical (unpaired) electrons. The lowest BCUT2D eigenvalue weighted by Gasteiger charge is -2.05. The van der Waals surface area contributed by atoms with Gasteiger partial charge in [0.25, 0.3) is 0 Å². The molecular formula is C15H16N2O4. The van der Waals surface area contributed by atoms with Crippen molar-refractivity contribution < 1.29 is 18.8 Å². The number of carbonyl (C=O) groups excluding carboxylic acids is 1. The number of hydrogen-bond donors (Lipinski definition) is 1. The number of rotatable bonds is 6. The summed E-state index contributed by atoms with van der Waals surface area (Å²) in [5.74, 6) is 1.43. The van der Waals surface area contributed by atoms with E-state index in [9.17, 15) is 4.79 Å². The molecule has 3 rings (SSSR count). The Labute approximate surface area is 122 Å². The van der Waals surface area contributed by atoms with Gasteiger partial charge >= 0.3 is 0 Å². The van der Waals surface area contributed by atoms with Crippen molar-refractivity contribution in [3.05, 3.63) is 41.8 Å². The smallest absolute Gasteiger partial charge is 0.231 e. The highest BCUT2D eigenvalue weighted by Crippen LogP contribution is 2.32. The van der Waals surface area contributed by atoms with Gasteiger partial charge in [-0.3, -0.25) is 4.79 Å². The Balaban J connectivity index is 1.41. The zero-order valence-electron chi connectivity index (χ0n) is 11.5. The van der Waals surface area contributed by atoms with Crippen LogP contribution in [0.2, 0.25) is 0 Å². The van der Waals surface area contributed by atoms with Gasteiger partial charge in [-0.05, 0) is 30.5 Å². The summed E-state index contributed by atoms with van der Waals surface area (Å²) in [6, 6.07) is 5.56. The summed E-state index contributed by atoms with van der Waals surface area (Å²) in [4.78, 5) is 11.9. The standard InChI is InChI=1S/C15H16N2O4/c18-15(16-5-1-2-12-8-17-21-9-12)7-11-3-4-13-14(6-11)20-10-19-13/h3-4,6,8-9H,1-2,5,7,10H2,(H,16,18). The monoisotopic (exact) mass is 288 g/mol. The van der Waals surface area contributed by atoms with E-state index in [2.05, 4.69) is 10.5 Å². The van der Waals surface area contributed by atoms with Gasteiger partial charge in [0.2, 0.25) is 12.7 Å². The molecule has 1 aliphatic heterocycles. The minimum absolute atomic E-state index is 0.000756. The predicted molar refractivity (Wildman–Crippen MR) is 74.1 cm³/mol. The number of carbonyl (C=O) groups is 1. The van der Waals surface area contributed by atoms with Crippen LogP contribution in [0, 0.1) is 0 Å². The Morgan fingerprint density at radius 2 is 2.14 bits per heavy atom. The zero-order chi connectivity index (χ0) is 14.5. The number of ether oxygens (including phenoxy) is 2. The fraction of sp³-hybridized carbons (Fsp3) is 0.333. The van der Waals surface area contributed by atoms with E-state index in [-0.39, 0.29) is 12.7 Å². The summed E-state index contributed by atoms with van der Waals surface area (Å²) in [6.07, 6.45) is 5.34. The molecule has 0 bridgehead atoms. The van der Waals surface area contributed by atoms with Crippen molar-refractivity contribution in [2.45, 2.75) is 19.3 Å². The lowest BCUT2D eigenvalue weighted by molar-refractivity contribution is -0.120. The van der Waals surface area contributed by atoms with Crippen LogP contribution in [0.1, 0.15) is 17.5 Å². The van der Waals surface area contributed by atoms with Gasteiger partial charge in [0.05, 0.1) is 12.6 Å². The van der Waals surface area contributed by atoms with E-state index >= 15 is 0 Å². The van der Waals surface area contributed by atoms with Crippen LogP contribution in [0.25, 0.3) is 0 Å². The highest BCUT2D eigenvalue weighted by Gasteiger charge is 2.14. The number of amides is 1. The van der Waals surface area contributed by atoms with Crippen molar-refractivity contribution in [2.24, 2.45) is 0 Å². The average molecular weight is 288 g/mol. The second-order valence-electron chi connectivity index (χ2n) is 4.85. The topological polar surface area (TPSA) is 73.6 Å². The fourth-order valence-corrected chi connectivity index (χ4v) is 2.17. The third-order valence-corrected chi connectivity index (χ3v) is 3.25. The average Bonchev–Trinajstić information content (AvgIpc) is 3.14. The first-order valence-electron chi connectivity index (χ1n) is 6.85. The molecule has 1 aliphatic rings. The Kier molecular flexibility index (Phi) is 4.04. The molecule has 0 spiro atoms. The van der Waals surface area contributed by atoms with E-state index in [1.165, 1.54) is 0 Å². The molecule has 6 nitrogen and oxygen atoms in total. The first-order chi connectivity index (χ1) is 10.3. The van der Waals surface area contributed by atoms with Gasteiger partial charge in [-0.15, -0.1) is 0 Å². The van der Waals surface area contributed by atoms with E-state index in [0.29, 0.717) is 18.7 Å². The third kappa shape index (κ3) is 3.53. The molecule has 0 aliphatic carbocycles. The van der Waals surface area contributed by atoms with Crippen LogP contribution < -0.4 is 14.8 Å². The third-order valence-electron chi connectivity index (χ3n) is 3.25. The summed E-state index contributed by atoms with van der Waals surface area (Å²) in [7, 11) is 0. The van der Waals surface area contributed by atoms with Crippen LogP contribution in [0.3, 0.4) is 0 Å². The highest BCUT2D eigenvalue weighted by atomic mass is 16.7. The Morgan fingerprint density at radius 1 is 1.24 bits per heavy atom. The number of hydrogen-bond acceptors (Lipinski definition) is 5. The van der Waals surface area contributed by atoms with E-state index in [1.807, 2.05) is 18.2 Å². The summed E-state index contributed by atoms with van der Waals surface area (Å²) < 4.78 is 15.3. The molecular weight excluding hydrogens is 272 g/mol. The molecule has 0 fully saturated rings. The second kappa shape index (κ2) is 6.30. The Morgan fingerprint density at radius 3 is 3.00 bits per heavy atom. The van der Waals surface area contributed by atoms with E-state index < -0.39 is 0 Å². The number of aryl methyl sites for hydroxylation is 1. The van der Waals surface area contributed by atoms with E-state index in [1.54, 1.807) is 12.5 Å².